The predicted molar refractivity (Wildman–Crippen MR) is 58.7 cm³/mol. The van der Waals surface area contributed by atoms with E-state index in [0.717, 1.165) is 18.4 Å². The van der Waals surface area contributed by atoms with Crippen molar-refractivity contribution in [2.45, 2.75) is 38.0 Å². The van der Waals surface area contributed by atoms with E-state index in [-0.39, 0.29) is 11.8 Å². The topological polar surface area (TPSA) is 52.5 Å². The number of benzene rings is 1. The number of aliphatic hydroxyl groups excluding tert-OH is 1. The Morgan fingerprint density at radius 2 is 2.20 bits per heavy atom. The summed E-state index contributed by atoms with van der Waals surface area (Å²) in [6.45, 7) is 2.12. The first-order valence-electron chi connectivity index (χ1n) is 5.40. The van der Waals surface area contributed by atoms with Crippen LogP contribution in [0.25, 0.3) is 0 Å². The number of hydrogen-bond acceptors (Lipinski definition) is 3. The summed E-state index contributed by atoms with van der Waals surface area (Å²) in [4.78, 5) is 0. The molecule has 1 aromatic rings. The van der Waals surface area contributed by atoms with Crippen molar-refractivity contribution in [3.05, 3.63) is 29.8 Å². The molecule has 1 aliphatic heterocycles. The maximum absolute atomic E-state index is 10.1. The number of aliphatic hydroxyl groups is 1. The molecule has 3 nitrogen and oxygen atoms in total. The first-order valence-corrected chi connectivity index (χ1v) is 5.40. The molecule has 1 saturated heterocycles. The second kappa shape index (κ2) is 4.21. The van der Waals surface area contributed by atoms with Crippen LogP contribution in [0.2, 0.25) is 0 Å². The molecule has 1 fully saturated rings. The standard InChI is InChI=1S/C12H17NO2/c1-8-5-6-11(13-8)12(15)9-3-2-4-10(14)7-9/h2-4,7-8,11-15H,5-6H2,1H3/t8-,11-,12+/m0/s1. The van der Waals surface area contributed by atoms with Crippen LogP contribution >= 0.6 is 0 Å². The van der Waals surface area contributed by atoms with Crippen molar-refractivity contribution in [2.24, 2.45) is 0 Å². The van der Waals surface area contributed by atoms with Crippen LogP contribution in [0.5, 0.6) is 5.75 Å². The second-order valence-corrected chi connectivity index (χ2v) is 4.29. The maximum Gasteiger partial charge on any atom is 0.115 e. The molecule has 15 heavy (non-hydrogen) atoms. The Labute approximate surface area is 89.8 Å². The van der Waals surface area contributed by atoms with E-state index < -0.39 is 6.10 Å². The van der Waals surface area contributed by atoms with E-state index in [1.807, 2.05) is 6.07 Å². The minimum atomic E-state index is -0.526. The average molecular weight is 207 g/mol. The van der Waals surface area contributed by atoms with Gasteiger partial charge in [0.1, 0.15) is 5.75 Å². The van der Waals surface area contributed by atoms with Gasteiger partial charge in [0, 0.05) is 12.1 Å². The quantitative estimate of drug-likeness (QED) is 0.690. The molecule has 2 rings (SSSR count). The molecule has 1 heterocycles. The van der Waals surface area contributed by atoms with Crippen LogP contribution < -0.4 is 5.32 Å². The lowest BCUT2D eigenvalue weighted by molar-refractivity contribution is 0.135. The van der Waals surface area contributed by atoms with Gasteiger partial charge in [-0.2, -0.15) is 0 Å². The van der Waals surface area contributed by atoms with Crippen LogP contribution in [-0.2, 0) is 0 Å². The normalized spacial score (nSPS) is 27.9. The van der Waals surface area contributed by atoms with Crippen molar-refractivity contribution in [3.8, 4) is 5.75 Å². The van der Waals surface area contributed by atoms with E-state index in [1.165, 1.54) is 0 Å². The van der Waals surface area contributed by atoms with E-state index >= 15 is 0 Å². The molecule has 0 aromatic heterocycles. The third-order valence-corrected chi connectivity index (χ3v) is 3.00. The van der Waals surface area contributed by atoms with Gasteiger partial charge in [0.15, 0.2) is 0 Å². The summed E-state index contributed by atoms with van der Waals surface area (Å²) in [6, 6.07) is 7.42. The zero-order valence-corrected chi connectivity index (χ0v) is 8.85. The van der Waals surface area contributed by atoms with Crippen molar-refractivity contribution in [1.29, 1.82) is 0 Å². The number of phenolic OH excluding ortho intramolecular Hbond substituents is 1. The molecule has 1 aromatic carbocycles. The Kier molecular flexibility index (Phi) is 2.93. The maximum atomic E-state index is 10.1. The number of phenols is 1. The Bertz CT molecular complexity index is 340. The fraction of sp³-hybridized carbons (Fsp3) is 0.500. The molecule has 0 unspecified atom stereocenters. The molecule has 1 aliphatic rings. The van der Waals surface area contributed by atoms with Gasteiger partial charge in [0.2, 0.25) is 0 Å². The summed E-state index contributed by atoms with van der Waals surface area (Å²) in [6.07, 6.45) is 1.56. The van der Waals surface area contributed by atoms with Gasteiger partial charge in [-0.05, 0) is 37.5 Å². The van der Waals surface area contributed by atoms with Crippen LogP contribution in [0.4, 0.5) is 0 Å². The lowest BCUT2D eigenvalue weighted by Crippen LogP contribution is -2.32. The molecular weight excluding hydrogens is 190 g/mol. The second-order valence-electron chi connectivity index (χ2n) is 4.29. The molecule has 0 amide bonds. The summed E-state index contributed by atoms with van der Waals surface area (Å²) >= 11 is 0. The lowest BCUT2D eigenvalue weighted by Gasteiger charge is -2.19. The summed E-state index contributed by atoms with van der Waals surface area (Å²) < 4.78 is 0. The average Bonchev–Trinajstić information content (AvgIpc) is 2.64. The van der Waals surface area contributed by atoms with Gasteiger partial charge in [0.05, 0.1) is 6.10 Å². The zero-order chi connectivity index (χ0) is 10.8. The van der Waals surface area contributed by atoms with Gasteiger partial charge in [0.25, 0.3) is 0 Å². The molecule has 0 radical (unpaired) electrons. The molecule has 3 N–H and O–H groups in total. The first-order chi connectivity index (χ1) is 7.16. The summed E-state index contributed by atoms with van der Waals surface area (Å²) in [5, 5.41) is 22.8. The monoisotopic (exact) mass is 207 g/mol. The highest BCUT2D eigenvalue weighted by Crippen LogP contribution is 2.26. The summed E-state index contributed by atoms with van der Waals surface area (Å²) in [5.41, 5.74) is 0.779. The van der Waals surface area contributed by atoms with Crippen molar-refractivity contribution < 1.29 is 10.2 Å². The number of hydrogen-bond donors (Lipinski definition) is 3. The van der Waals surface area contributed by atoms with Crippen LogP contribution in [0, 0.1) is 0 Å². The van der Waals surface area contributed by atoms with E-state index in [9.17, 15) is 10.2 Å². The Morgan fingerprint density at radius 3 is 2.80 bits per heavy atom. The highest BCUT2D eigenvalue weighted by molar-refractivity contribution is 5.29. The van der Waals surface area contributed by atoms with Crippen LogP contribution in [0.1, 0.15) is 31.4 Å². The van der Waals surface area contributed by atoms with Crippen LogP contribution in [-0.4, -0.2) is 22.3 Å². The van der Waals surface area contributed by atoms with E-state index in [1.54, 1.807) is 18.2 Å². The van der Waals surface area contributed by atoms with Crippen molar-refractivity contribution in [2.75, 3.05) is 0 Å². The predicted octanol–water partition coefficient (Wildman–Crippen LogP) is 1.57. The molecular formula is C12H17NO2. The van der Waals surface area contributed by atoms with Gasteiger partial charge in [-0.3, -0.25) is 0 Å². The minimum Gasteiger partial charge on any atom is -0.508 e. The first kappa shape index (κ1) is 10.5. The van der Waals surface area contributed by atoms with Crippen LogP contribution in [0.15, 0.2) is 24.3 Å². The fourth-order valence-corrected chi connectivity index (χ4v) is 2.15. The van der Waals surface area contributed by atoms with Gasteiger partial charge in [-0.15, -0.1) is 0 Å². The smallest absolute Gasteiger partial charge is 0.115 e. The molecule has 3 heteroatoms. The Hall–Kier alpha value is -1.06. The summed E-state index contributed by atoms with van der Waals surface area (Å²) in [5.74, 6) is 0.206. The molecule has 0 aliphatic carbocycles. The third-order valence-electron chi connectivity index (χ3n) is 3.00. The molecule has 82 valence electrons. The van der Waals surface area contributed by atoms with Gasteiger partial charge < -0.3 is 15.5 Å². The molecule has 0 bridgehead atoms. The number of aromatic hydroxyl groups is 1. The highest BCUT2D eigenvalue weighted by Gasteiger charge is 2.27. The molecule has 0 saturated carbocycles. The summed E-state index contributed by atoms with van der Waals surface area (Å²) in [7, 11) is 0. The van der Waals surface area contributed by atoms with Gasteiger partial charge >= 0.3 is 0 Å². The fourth-order valence-electron chi connectivity index (χ4n) is 2.15. The van der Waals surface area contributed by atoms with Crippen molar-refractivity contribution in [1.82, 2.24) is 5.32 Å². The van der Waals surface area contributed by atoms with Crippen LogP contribution in [0.3, 0.4) is 0 Å². The van der Waals surface area contributed by atoms with E-state index in [4.69, 9.17) is 0 Å². The van der Waals surface area contributed by atoms with Crippen molar-refractivity contribution in [3.63, 3.8) is 0 Å². The van der Waals surface area contributed by atoms with Crippen molar-refractivity contribution >= 4 is 0 Å². The lowest BCUT2D eigenvalue weighted by atomic mass is 10.0. The Balaban J connectivity index is 2.10. The minimum absolute atomic E-state index is 0.113. The van der Waals surface area contributed by atoms with E-state index in [2.05, 4.69) is 12.2 Å². The highest BCUT2D eigenvalue weighted by atomic mass is 16.3. The Morgan fingerprint density at radius 1 is 1.40 bits per heavy atom. The number of rotatable bonds is 2. The SMILES string of the molecule is C[C@H]1CC[C@@H]([C@H](O)c2cccc(O)c2)N1. The number of nitrogens with one attached hydrogen (secondary N) is 1. The molecule has 3 atom stereocenters. The van der Waals surface area contributed by atoms with Gasteiger partial charge in [-0.1, -0.05) is 12.1 Å². The third kappa shape index (κ3) is 2.30. The van der Waals surface area contributed by atoms with Gasteiger partial charge in [-0.25, -0.2) is 0 Å². The van der Waals surface area contributed by atoms with E-state index in [0.29, 0.717) is 6.04 Å². The largest absolute Gasteiger partial charge is 0.508 e. The zero-order valence-electron chi connectivity index (χ0n) is 8.85. The molecule has 0 spiro atoms.